The van der Waals surface area contributed by atoms with Crippen molar-refractivity contribution in [3.63, 3.8) is 0 Å². The summed E-state index contributed by atoms with van der Waals surface area (Å²) in [6, 6.07) is 9.26. The molecule has 0 unspecified atom stereocenters. The van der Waals surface area contributed by atoms with Crippen molar-refractivity contribution in [1.29, 1.82) is 0 Å². The highest BCUT2D eigenvalue weighted by Crippen LogP contribution is 2.35. The van der Waals surface area contributed by atoms with Gasteiger partial charge in [0.2, 0.25) is 0 Å². The van der Waals surface area contributed by atoms with Gasteiger partial charge in [-0.05, 0) is 35.9 Å². The lowest BCUT2D eigenvalue weighted by Crippen LogP contribution is -2.22. The minimum Gasteiger partial charge on any atom is -0.486 e. The first kappa shape index (κ1) is 15.7. The second kappa shape index (κ2) is 6.22. The molecule has 5 nitrogen and oxygen atoms in total. The van der Waals surface area contributed by atoms with Gasteiger partial charge in [-0.3, -0.25) is 9.36 Å². The van der Waals surface area contributed by atoms with E-state index in [1.54, 1.807) is 17.0 Å². The molecule has 2 aromatic carbocycles. The van der Waals surface area contributed by atoms with Crippen LogP contribution in [0, 0.1) is 0 Å². The molecule has 0 amide bonds. The van der Waals surface area contributed by atoms with Crippen molar-refractivity contribution < 1.29 is 9.47 Å². The van der Waals surface area contributed by atoms with E-state index in [-0.39, 0.29) is 5.56 Å². The normalized spacial score (nSPS) is 13.2. The molecule has 0 fully saturated rings. The third-order valence-corrected chi connectivity index (χ3v) is 5.07. The highest BCUT2D eigenvalue weighted by Gasteiger charge is 2.15. The average molecular weight is 452 g/mol. The SMILES string of the molecule is O=c1c2cc(Br)ccc2ncn1Cc1cc2c(cc1Br)OCCO2. The van der Waals surface area contributed by atoms with E-state index in [2.05, 4.69) is 36.8 Å². The van der Waals surface area contributed by atoms with Gasteiger partial charge in [-0.15, -0.1) is 0 Å². The Bertz CT molecular complexity index is 1000. The van der Waals surface area contributed by atoms with Crippen LogP contribution in [0.5, 0.6) is 11.5 Å². The van der Waals surface area contributed by atoms with Crippen LogP contribution in [0.1, 0.15) is 5.56 Å². The highest BCUT2D eigenvalue weighted by molar-refractivity contribution is 9.10. The van der Waals surface area contributed by atoms with Gasteiger partial charge in [0.25, 0.3) is 5.56 Å². The number of hydrogen-bond acceptors (Lipinski definition) is 4. The molecule has 1 aliphatic rings. The van der Waals surface area contributed by atoms with Crippen molar-refractivity contribution in [2.75, 3.05) is 13.2 Å². The zero-order valence-electron chi connectivity index (χ0n) is 12.5. The molecule has 1 aromatic heterocycles. The minimum absolute atomic E-state index is 0.0805. The Hall–Kier alpha value is -1.86. The quantitative estimate of drug-likeness (QED) is 0.595. The van der Waals surface area contributed by atoms with E-state index in [9.17, 15) is 4.79 Å². The monoisotopic (exact) mass is 450 g/mol. The van der Waals surface area contributed by atoms with Gasteiger partial charge in [-0.2, -0.15) is 0 Å². The Morgan fingerprint density at radius 3 is 2.62 bits per heavy atom. The number of rotatable bonds is 2. The molecule has 0 saturated carbocycles. The van der Waals surface area contributed by atoms with E-state index in [4.69, 9.17) is 9.47 Å². The summed E-state index contributed by atoms with van der Waals surface area (Å²) in [6.45, 7) is 1.47. The Labute approximate surface area is 154 Å². The third kappa shape index (κ3) is 2.82. The van der Waals surface area contributed by atoms with Crippen molar-refractivity contribution in [3.05, 3.63) is 61.5 Å². The molecule has 0 radical (unpaired) electrons. The molecule has 0 atom stereocenters. The van der Waals surface area contributed by atoms with Crippen LogP contribution in [-0.2, 0) is 6.54 Å². The molecule has 0 saturated heterocycles. The van der Waals surface area contributed by atoms with Crippen molar-refractivity contribution >= 4 is 42.8 Å². The summed E-state index contributed by atoms with van der Waals surface area (Å²) in [4.78, 5) is 17.1. The van der Waals surface area contributed by atoms with Crippen LogP contribution in [0.4, 0.5) is 0 Å². The van der Waals surface area contributed by atoms with Gasteiger partial charge in [0.15, 0.2) is 11.5 Å². The van der Waals surface area contributed by atoms with E-state index in [0.29, 0.717) is 42.2 Å². The summed E-state index contributed by atoms with van der Waals surface area (Å²) >= 11 is 6.94. The lowest BCUT2D eigenvalue weighted by atomic mass is 10.2. The third-order valence-electron chi connectivity index (χ3n) is 3.84. The maximum absolute atomic E-state index is 12.7. The van der Waals surface area contributed by atoms with E-state index < -0.39 is 0 Å². The summed E-state index contributed by atoms with van der Waals surface area (Å²) in [5.41, 5.74) is 1.53. The van der Waals surface area contributed by atoms with Gasteiger partial charge < -0.3 is 9.47 Å². The van der Waals surface area contributed by atoms with Crippen LogP contribution < -0.4 is 15.0 Å². The van der Waals surface area contributed by atoms with Crippen LogP contribution in [0.25, 0.3) is 10.9 Å². The summed E-state index contributed by atoms with van der Waals surface area (Å²) in [5, 5.41) is 0.584. The molecule has 0 N–H and O–H groups in total. The second-order valence-corrected chi connectivity index (χ2v) is 7.20. The Kier molecular flexibility index (Phi) is 4.05. The lowest BCUT2D eigenvalue weighted by molar-refractivity contribution is 0.171. The topological polar surface area (TPSA) is 53.4 Å². The summed E-state index contributed by atoms with van der Waals surface area (Å²) in [6.07, 6.45) is 1.57. The second-order valence-electron chi connectivity index (χ2n) is 5.43. The Balaban J connectivity index is 1.77. The highest BCUT2D eigenvalue weighted by atomic mass is 79.9. The van der Waals surface area contributed by atoms with Crippen LogP contribution in [-0.4, -0.2) is 22.8 Å². The minimum atomic E-state index is -0.0805. The van der Waals surface area contributed by atoms with E-state index >= 15 is 0 Å². The number of hydrogen-bond donors (Lipinski definition) is 0. The number of halogens is 2. The standard InChI is InChI=1S/C17H12Br2N2O3/c18-11-1-2-14-12(6-11)17(22)21(9-20-14)8-10-5-15-16(7-13(10)19)24-4-3-23-15/h1-2,5-7,9H,3-4,8H2. The maximum Gasteiger partial charge on any atom is 0.261 e. The van der Waals surface area contributed by atoms with Crippen LogP contribution in [0.2, 0.25) is 0 Å². The van der Waals surface area contributed by atoms with Crippen LogP contribution in [0.3, 0.4) is 0 Å². The van der Waals surface area contributed by atoms with Crippen LogP contribution >= 0.6 is 31.9 Å². The molecule has 3 aromatic rings. The smallest absolute Gasteiger partial charge is 0.261 e. The molecule has 2 heterocycles. The molecule has 0 aliphatic carbocycles. The fourth-order valence-electron chi connectivity index (χ4n) is 2.65. The molecule has 122 valence electrons. The Morgan fingerprint density at radius 2 is 1.83 bits per heavy atom. The average Bonchev–Trinajstić information content (AvgIpc) is 2.58. The molecule has 0 bridgehead atoms. The van der Waals surface area contributed by atoms with Gasteiger partial charge in [0, 0.05) is 8.95 Å². The van der Waals surface area contributed by atoms with Crippen molar-refractivity contribution in [2.24, 2.45) is 0 Å². The van der Waals surface area contributed by atoms with Crippen molar-refractivity contribution in [2.45, 2.75) is 6.54 Å². The fraction of sp³-hybridized carbons (Fsp3) is 0.176. The fourth-order valence-corrected chi connectivity index (χ4v) is 3.46. The van der Waals surface area contributed by atoms with Gasteiger partial charge in [0.05, 0.1) is 23.8 Å². The molecule has 4 rings (SSSR count). The van der Waals surface area contributed by atoms with E-state index in [1.807, 2.05) is 24.3 Å². The number of benzene rings is 2. The van der Waals surface area contributed by atoms with Gasteiger partial charge in [0.1, 0.15) is 13.2 Å². The van der Waals surface area contributed by atoms with Gasteiger partial charge >= 0.3 is 0 Å². The van der Waals surface area contributed by atoms with Gasteiger partial charge in [-0.25, -0.2) is 4.98 Å². The van der Waals surface area contributed by atoms with E-state index in [1.165, 1.54) is 0 Å². The van der Waals surface area contributed by atoms with Gasteiger partial charge in [-0.1, -0.05) is 31.9 Å². The Morgan fingerprint density at radius 1 is 1.08 bits per heavy atom. The predicted molar refractivity (Wildman–Crippen MR) is 97.9 cm³/mol. The summed E-state index contributed by atoms with van der Waals surface area (Å²) < 4.78 is 14.5. The molecule has 0 spiro atoms. The van der Waals surface area contributed by atoms with E-state index in [0.717, 1.165) is 14.5 Å². The zero-order chi connectivity index (χ0) is 16.7. The first-order valence-electron chi connectivity index (χ1n) is 7.34. The molecule has 24 heavy (non-hydrogen) atoms. The molecule has 1 aliphatic heterocycles. The summed E-state index contributed by atoms with van der Waals surface area (Å²) in [7, 11) is 0. The summed E-state index contributed by atoms with van der Waals surface area (Å²) in [5.74, 6) is 1.41. The largest absolute Gasteiger partial charge is 0.486 e. The lowest BCUT2D eigenvalue weighted by Gasteiger charge is -2.20. The van der Waals surface area contributed by atoms with Crippen molar-refractivity contribution in [3.8, 4) is 11.5 Å². The zero-order valence-corrected chi connectivity index (χ0v) is 15.6. The molecule has 7 heteroatoms. The molecular formula is C17H12Br2N2O3. The first-order valence-corrected chi connectivity index (χ1v) is 8.93. The van der Waals surface area contributed by atoms with Crippen LogP contribution in [0.15, 0.2) is 50.4 Å². The number of nitrogens with zero attached hydrogens (tertiary/aromatic N) is 2. The molecular weight excluding hydrogens is 440 g/mol. The first-order chi connectivity index (χ1) is 11.6. The van der Waals surface area contributed by atoms with Crippen molar-refractivity contribution in [1.82, 2.24) is 9.55 Å². The maximum atomic E-state index is 12.7. The number of fused-ring (bicyclic) bond motifs is 2. The number of ether oxygens (including phenoxy) is 2. The predicted octanol–water partition coefficient (Wildman–Crippen LogP) is 3.74. The number of aromatic nitrogens is 2.